The molecule has 40 heavy (non-hydrogen) atoms. The zero-order chi connectivity index (χ0) is 29.0. The summed E-state index contributed by atoms with van der Waals surface area (Å²) in [4.78, 5) is 0. The maximum Gasteiger partial charge on any atom is 0.115 e. The Balaban J connectivity index is 3.10. The number of hydrogen-bond acceptors (Lipinski definition) is 0. The normalized spacial score (nSPS) is 12.7. The van der Waals surface area contributed by atoms with Gasteiger partial charge in [-0.25, -0.2) is 0 Å². The van der Waals surface area contributed by atoms with Gasteiger partial charge in [-0.15, -0.1) is 0 Å². The summed E-state index contributed by atoms with van der Waals surface area (Å²) in [7, 11) is 0. The average molecular weight is 557 g/mol. The van der Waals surface area contributed by atoms with Crippen molar-refractivity contribution in [3.05, 3.63) is 35.9 Å². The summed E-state index contributed by atoms with van der Waals surface area (Å²) < 4.78 is 1.38. The second-order valence-corrected chi connectivity index (χ2v) is 13.2. The van der Waals surface area contributed by atoms with Crippen molar-refractivity contribution in [2.24, 2.45) is 0 Å². The molecule has 0 aliphatic heterocycles. The minimum atomic E-state index is 0.689. The van der Waals surface area contributed by atoms with Crippen LogP contribution in [0.5, 0.6) is 0 Å². The van der Waals surface area contributed by atoms with E-state index in [0.29, 0.717) is 6.04 Å². The topological polar surface area (TPSA) is 0 Å². The fourth-order valence-corrected chi connectivity index (χ4v) is 6.97. The van der Waals surface area contributed by atoms with Crippen LogP contribution in [0.25, 0.3) is 0 Å². The van der Waals surface area contributed by atoms with Gasteiger partial charge in [0.25, 0.3) is 0 Å². The molecule has 1 nitrogen and oxygen atoms in total. The van der Waals surface area contributed by atoms with Crippen molar-refractivity contribution in [2.45, 2.75) is 194 Å². The minimum absolute atomic E-state index is 0.689. The van der Waals surface area contributed by atoms with Crippen molar-refractivity contribution in [3.8, 4) is 0 Å². The van der Waals surface area contributed by atoms with Crippen LogP contribution in [0.2, 0.25) is 0 Å². The SMILES string of the molecule is CCCCCCCCC(c1ccccc1)[N+](CCCCCCCC)(CCCCCCCC)CCCCCCCC. The lowest BCUT2D eigenvalue weighted by molar-refractivity contribution is -0.958. The van der Waals surface area contributed by atoms with E-state index in [1.165, 1.54) is 185 Å². The number of unbranched alkanes of at least 4 members (excludes halogenated alkanes) is 20. The molecule has 1 aromatic carbocycles. The largest absolute Gasteiger partial charge is 0.317 e. The Bertz CT molecular complexity index is 582. The van der Waals surface area contributed by atoms with Gasteiger partial charge < -0.3 is 4.48 Å². The van der Waals surface area contributed by atoms with Gasteiger partial charge in [0, 0.05) is 12.0 Å². The summed E-state index contributed by atoms with van der Waals surface area (Å²) in [6.07, 6.45) is 35.4. The zero-order valence-corrected chi connectivity index (χ0v) is 28.2. The summed E-state index contributed by atoms with van der Waals surface area (Å²) in [5.41, 5.74) is 1.64. The molecule has 0 fully saturated rings. The molecule has 0 N–H and O–H groups in total. The summed E-state index contributed by atoms with van der Waals surface area (Å²) in [5, 5.41) is 0. The van der Waals surface area contributed by atoms with E-state index < -0.39 is 0 Å². The Morgan fingerprint density at radius 1 is 0.400 bits per heavy atom. The number of rotatable bonds is 30. The Morgan fingerprint density at radius 3 is 1.10 bits per heavy atom. The molecule has 0 aliphatic rings. The van der Waals surface area contributed by atoms with Gasteiger partial charge in [0.2, 0.25) is 0 Å². The van der Waals surface area contributed by atoms with Gasteiger partial charge >= 0.3 is 0 Å². The van der Waals surface area contributed by atoms with Crippen molar-refractivity contribution in [3.63, 3.8) is 0 Å². The third kappa shape index (κ3) is 17.9. The first-order valence-electron chi connectivity index (χ1n) is 18.6. The van der Waals surface area contributed by atoms with Crippen molar-refractivity contribution >= 4 is 0 Å². The molecule has 1 rings (SSSR count). The molecule has 0 aromatic heterocycles. The molecule has 0 saturated heterocycles. The summed E-state index contributed by atoms with van der Waals surface area (Å²) in [6, 6.07) is 12.5. The first kappa shape index (κ1) is 37.2. The average Bonchev–Trinajstić information content (AvgIpc) is 2.98. The van der Waals surface area contributed by atoms with E-state index in [9.17, 15) is 0 Å². The van der Waals surface area contributed by atoms with E-state index in [1.54, 1.807) is 5.56 Å². The van der Waals surface area contributed by atoms with Crippen LogP contribution < -0.4 is 0 Å². The van der Waals surface area contributed by atoms with Gasteiger partial charge in [0.15, 0.2) is 0 Å². The fourth-order valence-electron chi connectivity index (χ4n) is 6.97. The highest BCUT2D eigenvalue weighted by molar-refractivity contribution is 5.17. The van der Waals surface area contributed by atoms with E-state index in [2.05, 4.69) is 58.0 Å². The van der Waals surface area contributed by atoms with Crippen LogP contribution in [0.15, 0.2) is 30.3 Å². The Kier molecular flexibility index (Phi) is 25.2. The molecule has 1 heteroatoms. The van der Waals surface area contributed by atoms with Crippen LogP contribution in [0.4, 0.5) is 0 Å². The molecular weight excluding hydrogens is 482 g/mol. The predicted octanol–water partition coefficient (Wildman–Crippen LogP) is 13.4. The molecule has 0 amide bonds. The maximum absolute atomic E-state index is 2.48. The molecule has 234 valence electrons. The van der Waals surface area contributed by atoms with Gasteiger partial charge in [0.05, 0.1) is 19.6 Å². The molecule has 0 bridgehead atoms. The monoisotopic (exact) mass is 557 g/mol. The Labute approximate surface area is 253 Å². The Hall–Kier alpha value is -0.820. The van der Waals surface area contributed by atoms with E-state index in [0.717, 1.165) is 0 Å². The van der Waals surface area contributed by atoms with Gasteiger partial charge in [-0.1, -0.05) is 167 Å². The predicted molar refractivity (Wildman–Crippen MR) is 182 cm³/mol. The van der Waals surface area contributed by atoms with E-state index >= 15 is 0 Å². The number of hydrogen-bond donors (Lipinski definition) is 0. The van der Waals surface area contributed by atoms with E-state index in [4.69, 9.17) is 0 Å². The molecule has 0 radical (unpaired) electrons. The highest BCUT2D eigenvalue weighted by Gasteiger charge is 2.36. The fraction of sp³-hybridized carbons (Fsp3) is 0.846. The number of benzene rings is 1. The van der Waals surface area contributed by atoms with Gasteiger partial charge in [0.1, 0.15) is 6.04 Å². The summed E-state index contributed by atoms with van der Waals surface area (Å²) in [5.74, 6) is 0. The quantitative estimate of drug-likeness (QED) is 0.0653. The molecule has 1 atom stereocenters. The highest BCUT2D eigenvalue weighted by Crippen LogP contribution is 2.36. The minimum Gasteiger partial charge on any atom is -0.317 e. The molecule has 0 heterocycles. The van der Waals surface area contributed by atoms with Crippen molar-refractivity contribution in [2.75, 3.05) is 19.6 Å². The summed E-state index contributed by atoms with van der Waals surface area (Å²) in [6.45, 7) is 13.6. The second-order valence-electron chi connectivity index (χ2n) is 13.2. The molecule has 1 unspecified atom stereocenters. The second kappa shape index (κ2) is 27.0. The van der Waals surface area contributed by atoms with E-state index in [1.807, 2.05) is 0 Å². The zero-order valence-electron chi connectivity index (χ0n) is 28.2. The van der Waals surface area contributed by atoms with Crippen LogP contribution in [0.3, 0.4) is 0 Å². The maximum atomic E-state index is 2.48. The van der Waals surface area contributed by atoms with Crippen molar-refractivity contribution in [1.82, 2.24) is 0 Å². The molecule has 0 saturated carbocycles. The third-order valence-corrected chi connectivity index (χ3v) is 9.55. The molecule has 0 aliphatic carbocycles. The first-order chi connectivity index (χ1) is 19.7. The highest BCUT2D eigenvalue weighted by atomic mass is 15.4. The lowest BCUT2D eigenvalue weighted by atomic mass is 9.93. The van der Waals surface area contributed by atoms with E-state index in [-0.39, 0.29) is 0 Å². The number of nitrogens with zero attached hydrogens (tertiary/aromatic N) is 1. The molecular formula is C39H74N+. The van der Waals surface area contributed by atoms with Gasteiger partial charge in [-0.3, -0.25) is 0 Å². The smallest absolute Gasteiger partial charge is 0.115 e. The first-order valence-corrected chi connectivity index (χ1v) is 18.6. The third-order valence-electron chi connectivity index (χ3n) is 9.55. The van der Waals surface area contributed by atoms with Crippen LogP contribution >= 0.6 is 0 Å². The van der Waals surface area contributed by atoms with Crippen molar-refractivity contribution < 1.29 is 4.48 Å². The van der Waals surface area contributed by atoms with Gasteiger partial charge in [-0.2, -0.15) is 0 Å². The Morgan fingerprint density at radius 2 is 0.725 bits per heavy atom. The van der Waals surface area contributed by atoms with Crippen LogP contribution in [0.1, 0.15) is 200 Å². The molecule has 1 aromatic rings. The standard InChI is InChI=1S/C39H74N/c1-5-9-13-17-21-28-34-39(38-32-26-25-27-33-38)40(35-29-22-18-14-10-6-2,36-30-23-19-15-11-7-3)37-31-24-20-16-12-8-4/h25-27,32-33,39H,5-24,28-31,34-37H2,1-4H3/q+1. The van der Waals surface area contributed by atoms with Crippen LogP contribution in [-0.2, 0) is 0 Å². The van der Waals surface area contributed by atoms with Gasteiger partial charge in [-0.05, 0) is 44.9 Å². The summed E-state index contributed by atoms with van der Waals surface area (Å²) >= 11 is 0. The van der Waals surface area contributed by atoms with Crippen LogP contribution in [-0.4, -0.2) is 24.1 Å². The van der Waals surface area contributed by atoms with Crippen molar-refractivity contribution in [1.29, 1.82) is 0 Å². The lowest BCUT2D eigenvalue weighted by Crippen LogP contribution is -2.52. The number of quaternary nitrogens is 1. The lowest BCUT2D eigenvalue weighted by Gasteiger charge is -2.46. The van der Waals surface area contributed by atoms with Crippen LogP contribution in [0, 0.1) is 0 Å². The molecule has 0 spiro atoms.